The maximum atomic E-state index is 4.73. The van der Waals surface area contributed by atoms with Gasteiger partial charge in [-0.15, -0.1) is 0 Å². The van der Waals surface area contributed by atoms with Crippen LogP contribution < -0.4 is 5.32 Å². The van der Waals surface area contributed by atoms with Crippen molar-refractivity contribution in [3.05, 3.63) is 58.7 Å². The van der Waals surface area contributed by atoms with E-state index in [1.807, 2.05) is 6.34 Å². The van der Waals surface area contributed by atoms with Crippen molar-refractivity contribution in [2.24, 2.45) is 4.99 Å². The lowest BCUT2D eigenvalue weighted by Gasteiger charge is -2.15. The summed E-state index contributed by atoms with van der Waals surface area (Å²) < 4.78 is 0. The van der Waals surface area contributed by atoms with Gasteiger partial charge in [0.1, 0.15) is 0 Å². The highest BCUT2D eigenvalue weighted by Gasteiger charge is 2.09. The topological polar surface area (TPSA) is 24.4 Å². The van der Waals surface area contributed by atoms with E-state index in [0.29, 0.717) is 11.8 Å². The second-order valence-corrected chi connectivity index (χ2v) is 6.76. The molecule has 23 heavy (non-hydrogen) atoms. The van der Waals surface area contributed by atoms with E-state index < -0.39 is 0 Å². The molecule has 2 aromatic carbocycles. The van der Waals surface area contributed by atoms with Crippen molar-refractivity contribution >= 4 is 17.7 Å². The van der Waals surface area contributed by atoms with Crippen molar-refractivity contribution < 1.29 is 0 Å². The fourth-order valence-corrected chi connectivity index (χ4v) is 2.85. The van der Waals surface area contributed by atoms with Gasteiger partial charge >= 0.3 is 0 Å². The van der Waals surface area contributed by atoms with Gasteiger partial charge in [0, 0.05) is 5.69 Å². The van der Waals surface area contributed by atoms with Gasteiger partial charge in [0.15, 0.2) is 0 Å². The minimum Gasteiger partial charge on any atom is -0.346 e. The van der Waals surface area contributed by atoms with Crippen LogP contribution in [0.5, 0.6) is 0 Å². The molecule has 0 saturated heterocycles. The Kier molecular flexibility index (Phi) is 5.59. The van der Waals surface area contributed by atoms with E-state index in [2.05, 4.69) is 83.3 Å². The summed E-state index contributed by atoms with van der Waals surface area (Å²) in [6.07, 6.45) is 1.84. The summed E-state index contributed by atoms with van der Waals surface area (Å²) in [6, 6.07) is 12.8. The zero-order valence-corrected chi connectivity index (χ0v) is 15.1. The predicted molar refractivity (Wildman–Crippen MR) is 102 cm³/mol. The van der Waals surface area contributed by atoms with E-state index in [1.165, 1.54) is 27.9 Å². The molecule has 0 aromatic heterocycles. The number of nitrogens with one attached hydrogen (secondary N) is 1. The van der Waals surface area contributed by atoms with Crippen LogP contribution in [-0.4, -0.2) is 6.34 Å². The molecule has 0 aliphatic heterocycles. The molecular weight excluding hydrogens is 280 g/mol. The Balaban J connectivity index is 2.31. The maximum absolute atomic E-state index is 4.73. The van der Waals surface area contributed by atoms with Gasteiger partial charge < -0.3 is 5.32 Å². The van der Waals surface area contributed by atoms with Crippen LogP contribution in [0.2, 0.25) is 0 Å². The lowest BCUT2D eigenvalue weighted by Crippen LogP contribution is -2.03. The van der Waals surface area contributed by atoms with Crippen molar-refractivity contribution in [3.63, 3.8) is 0 Å². The molecule has 0 fully saturated rings. The number of rotatable bonds is 5. The van der Waals surface area contributed by atoms with E-state index >= 15 is 0 Å². The van der Waals surface area contributed by atoms with E-state index in [4.69, 9.17) is 4.99 Å². The summed E-state index contributed by atoms with van der Waals surface area (Å²) in [7, 11) is 0. The van der Waals surface area contributed by atoms with Crippen molar-refractivity contribution in [2.75, 3.05) is 5.32 Å². The van der Waals surface area contributed by atoms with E-state index in [1.54, 1.807) is 0 Å². The Morgan fingerprint density at radius 1 is 0.826 bits per heavy atom. The van der Waals surface area contributed by atoms with Crippen LogP contribution in [-0.2, 0) is 0 Å². The Morgan fingerprint density at radius 2 is 1.39 bits per heavy atom. The molecule has 0 spiro atoms. The molecule has 0 heterocycles. The fraction of sp³-hybridized carbons (Fsp3) is 0.381. The first kappa shape index (κ1) is 17.3. The molecule has 0 saturated carbocycles. The molecule has 0 amide bonds. The summed E-state index contributed by atoms with van der Waals surface area (Å²) in [5, 5.41) is 3.41. The van der Waals surface area contributed by atoms with Crippen molar-refractivity contribution in [1.82, 2.24) is 0 Å². The Morgan fingerprint density at radius 3 is 2.00 bits per heavy atom. The van der Waals surface area contributed by atoms with Gasteiger partial charge in [-0.3, -0.25) is 0 Å². The SMILES string of the molecule is Cc1cccc(C(C)C)c1N=CNc1c(C)cccc1C(C)C. The average molecular weight is 308 g/mol. The molecule has 0 unspecified atom stereocenters. The van der Waals surface area contributed by atoms with Gasteiger partial charge in [0.25, 0.3) is 0 Å². The van der Waals surface area contributed by atoms with Crippen LogP contribution in [0.4, 0.5) is 11.4 Å². The lowest BCUT2D eigenvalue weighted by atomic mass is 9.98. The monoisotopic (exact) mass is 308 g/mol. The molecule has 0 aliphatic carbocycles. The maximum Gasteiger partial charge on any atom is 0.0930 e. The molecule has 2 nitrogen and oxygen atoms in total. The Hall–Kier alpha value is -2.09. The summed E-state index contributed by atoms with van der Waals surface area (Å²) in [5.74, 6) is 0.947. The van der Waals surface area contributed by atoms with Crippen molar-refractivity contribution in [3.8, 4) is 0 Å². The minimum atomic E-state index is 0.465. The number of aryl methyl sites for hydroxylation is 2. The van der Waals surface area contributed by atoms with Crippen molar-refractivity contribution in [1.29, 1.82) is 0 Å². The van der Waals surface area contributed by atoms with E-state index in [9.17, 15) is 0 Å². The summed E-state index contributed by atoms with van der Waals surface area (Å²) in [4.78, 5) is 4.73. The highest BCUT2D eigenvalue weighted by molar-refractivity contribution is 5.82. The van der Waals surface area contributed by atoms with Crippen LogP contribution in [0.3, 0.4) is 0 Å². The Bertz CT molecular complexity index is 697. The van der Waals surface area contributed by atoms with Gasteiger partial charge in [-0.05, 0) is 47.9 Å². The largest absolute Gasteiger partial charge is 0.346 e. The van der Waals surface area contributed by atoms with E-state index in [-0.39, 0.29) is 0 Å². The van der Waals surface area contributed by atoms with Gasteiger partial charge in [0.05, 0.1) is 12.0 Å². The molecule has 0 radical (unpaired) electrons. The first-order valence-electron chi connectivity index (χ1n) is 8.40. The molecule has 0 bridgehead atoms. The second-order valence-electron chi connectivity index (χ2n) is 6.76. The highest BCUT2D eigenvalue weighted by atomic mass is 14.9. The second kappa shape index (κ2) is 7.45. The van der Waals surface area contributed by atoms with Crippen LogP contribution >= 0.6 is 0 Å². The summed E-state index contributed by atoms with van der Waals surface area (Å²) in [6.45, 7) is 13.1. The molecule has 2 rings (SSSR count). The normalized spacial score (nSPS) is 11.7. The van der Waals surface area contributed by atoms with Gasteiger partial charge in [0.2, 0.25) is 0 Å². The molecule has 2 heteroatoms. The summed E-state index contributed by atoms with van der Waals surface area (Å²) in [5.41, 5.74) is 7.32. The smallest absolute Gasteiger partial charge is 0.0930 e. The minimum absolute atomic E-state index is 0.465. The van der Waals surface area contributed by atoms with Crippen LogP contribution in [0, 0.1) is 13.8 Å². The van der Waals surface area contributed by atoms with Crippen LogP contribution in [0.15, 0.2) is 41.4 Å². The molecule has 1 N–H and O–H groups in total. The van der Waals surface area contributed by atoms with Crippen LogP contribution in [0.25, 0.3) is 0 Å². The Labute approximate surface area is 140 Å². The number of anilines is 1. The van der Waals surface area contributed by atoms with Crippen molar-refractivity contribution in [2.45, 2.75) is 53.4 Å². The zero-order chi connectivity index (χ0) is 17.0. The third-order valence-electron chi connectivity index (χ3n) is 4.22. The molecule has 122 valence electrons. The summed E-state index contributed by atoms with van der Waals surface area (Å²) >= 11 is 0. The molecular formula is C21H28N2. The first-order valence-corrected chi connectivity index (χ1v) is 8.40. The molecule has 2 aromatic rings. The lowest BCUT2D eigenvalue weighted by molar-refractivity contribution is 0.865. The quantitative estimate of drug-likeness (QED) is 0.507. The number of nitrogens with zero attached hydrogens (tertiary/aromatic N) is 1. The van der Waals surface area contributed by atoms with Crippen LogP contribution in [0.1, 0.15) is 61.8 Å². The third kappa shape index (κ3) is 4.01. The predicted octanol–water partition coefficient (Wildman–Crippen LogP) is 6.32. The van der Waals surface area contributed by atoms with Gasteiger partial charge in [-0.2, -0.15) is 0 Å². The number of para-hydroxylation sites is 2. The first-order chi connectivity index (χ1) is 10.9. The third-order valence-corrected chi connectivity index (χ3v) is 4.22. The zero-order valence-electron chi connectivity index (χ0n) is 15.1. The number of hydrogen-bond donors (Lipinski definition) is 1. The molecule has 0 atom stereocenters. The number of aliphatic imine (C=N–C) groups is 1. The van der Waals surface area contributed by atoms with Gasteiger partial charge in [-0.1, -0.05) is 64.1 Å². The standard InChI is InChI=1S/C21H28N2/c1-14(2)18-11-7-9-16(5)20(18)22-13-23-21-17(6)10-8-12-19(21)15(3)4/h7-15H,1-6H3,(H,22,23). The number of benzene rings is 2. The van der Waals surface area contributed by atoms with Gasteiger partial charge in [-0.25, -0.2) is 4.99 Å². The number of hydrogen-bond acceptors (Lipinski definition) is 1. The average Bonchev–Trinajstić information content (AvgIpc) is 2.49. The fourth-order valence-electron chi connectivity index (χ4n) is 2.85. The van der Waals surface area contributed by atoms with E-state index in [0.717, 1.165) is 5.69 Å². The highest BCUT2D eigenvalue weighted by Crippen LogP contribution is 2.30. The molecule has 0 aliphatic rings.